The number of esters is 1. The number of methoxy groups -OCH3 is 1. The molecular formula is C5H8O3Zr. The molecule has 0 aliphatic rings. The fourth-order valence-electron chi connectivity index (χ4n) is 0.275. The van der Waals surface area contributed by atoms with E-state index in [4.69, 9.17) is 0 Å². The van der Waals surface area contributed by atoms with Gasteiger partial charge in [0.05, 0.1) is 7.11 Å². The number of hydrogen-bond acceptors (Lipinski definition) is 3. The van der Waals surface area contributed by atoms with E-state index in [0.717, 1.165) is 0 Å². The van der Waals surface area contributed by atoms with Gasteiger partial charge in [0.25, 0.3) is 0 Å². The van der Waals surface area contributed by atoms with Crippen LogP contribution in [0.2, 0.25) is 0 Å². The maximum Gasteiger partial charge on any atom is 0.313 e. The molecule has 9 heavy (non-hydrogen) atoms. The molecule has 0 bridgehead atoms. The van der Waals surface area contributed by atoms with Gasteiger partial charge in [0.2, 0.25) is 0 Å². The van der Waals surface area contributed by atoms with E-state index in [1.807, 2.05) is 0 Å². The Hall–Kier alpha value is 0.0231. The third-order valence-corrected chi connectivity index (χ3v) is 0.621. The predicted octanol–water partition coefficient (Wildman–Crippen LogP) is 0.136. The van der Waals surface area contributed by atoms with E-state index in [-0.39, 0.29) is 38.4 Å². The molecule has 0 aliphatic heterocycles. The van der Waals surface area contributed by atoms with Crippen LogP contribution < -0.4 is 0 Å². The Morgan fingerprint density at radius 1 is 1.44 bits per heavy atom. The van der Waals surface area contributed by atoms with Crippen LogP contribution in [-0.2, 0) is 40.5 Å². The van der Waals surface area contributed by atoms with Crippen LogP contribution in [0.15, 0.2) is 0 Å². The van der Waals surface area contributed by atoms with Crippen molar-refractivity contribution in [3.63, 3.8) is 0 Å². The van der Waals surface area contributed by atoms with Gasteiger partial charge in [-0.25, -0.2) is 0 Å². The molecule has 0 N–H and O–H groups in total. The van der Waals surface area contributed by atoms with Crippen molar-refractivity contribution < 1.29 is 40.5 Å². The molecule has 0 amide bonds. The molecule has 0 saturated heterocycles. The molecule has 0 spiro atoms. The van der Waals surface area contributed by atoms with Gasteiger partial charge in [-0.05, 0) is 6.92 Å². The average Bonchev–Trinajstić information content (AvgIpc) is 1.65. The maximum absolute atomic E-state index is 10.2. The molecule has 0 fully saturated rings. The predicted molar refractivity (Wildman–Crippen MR) is 27.3 cm³/mol. The first-order valence-electron chi connectivity index (χ1n) is 2.23. The van der Waals surface area contributed by atoms with Gasteiger partial charge >= 0.3 is 5.97 Å². The van der Waals surface area contributed by atoms with Crippen molar-refractivity contribution in [3.05, 3.63) is 0 Å². The number of ketones is 1. The molecule has 3 nitrogen and oxygen atoms in total. The standard InChI is InChI=1S/C5H8O3.Zr/c1-4(6)3-5(7)8-2;/h3H2,1-2H3;. The largest absolute Gasteiger partial charge is 0.469 e. The quantitative estimate of drug-likeness (QED) is 0.478. The molecule has 0 heterocycles. The third-order valence-electron chi connectivity index (χ3n) is 0.621. The molecule has 0 aromatic rings. The van der Waals surface area contributed by atoms with Gasteiger partial charge in [-0.15, -0.1) is 0 Å². The van der Waals surface area contributed by atoms with Crippen LogP contribution in [0.25, 0.3) is 0 Å². The summed E-state index contributed by atoms with van der Waals surface area (Å²) in [6.45, 7) is 1.34. The van der Waals surface area contributed by atoms with Crippen molar-refractivity contribution in [2.45, 2.75) is 13.3 Å². The maximum atomic E-state index is 10.2. The summed E-state index contributed by atoms with van der Waals surface area (Å²) >= 11 is 0. The second kappa shape index (κ2) is 6.15. The summed E-state index contributed by atoms with van der Waals surface area (Å²) in [4.78, 5) is 20.3. The van der Waals surface area contributed by atoms with Crippen molar-refractivity contribution in [2.75, 3.05) is 7.11 Å². The second-order valence-corrected chi connectivity index (χ2v) is 1.45. The Labute approximate surface area is 72.9 Å². The van der Waals surface area contributed by atoms with Crippen LogP contribution >= 0.6 is 0 Å². The van der Waals surface area contributed by atoms with Crippen molar-refractivity contribution in [1.82, 2.24) is 0 Å². The third kappa shape index (κ3) is 8.02. The monoisotopic (exact) mass is 206 g/mol. The molecule has 0 aliphatic carbocycles. The first-order chi connectivity index (χ1) is 3.66. The molecule has 0 saturated carbocycles. The molecule has 0 atom stereocenters. The van der Waals surface area contributed by atoms with Gasteiger partial charge in [-0.3, -0.25) is 9.59 Å². The van der Waals surface area contributed by atoms with E-state index in [1.54, 1.807) is 0 Å². The number of Topliss-reactive ketones (excluding diaryl/α,β-unsaturated/α-hetero) is 1. The Kier molecular flexibility index (Phi) is 8.04. The van der Waals surface area contributed by atoms with Crippen molar-refractivity contribution >= 4 is 11.8 Å². The van der Waals surface area contributed by atoms with Crippen molar-refractivity contribution in [2.24, 2.45) is 0 Å². The van der Waals surface area contributed by atoms with Gasteiger partial charge in [0.15, 0.2) is 0 Å². The summed E-state index contributed by atoms with van der Waals surface area (Å²) in [5.74, 6) is -0.644. The van der Waals surface area contributed by atoms with Crippen LogP contribution in [0.5, 0.6) is 0 Å². The van der Waals surface area contributed by atoms with Crippen LogP contribution in [0.3, 0.4) is 0 Å². The molecule has 4 heteroatoms. The second-order valence-electron chi connectivity index (χ2n) is 1.45. The summed E-state index contributed by atoms with van der Waals surface area (Å²) < 4.78 is 4.20. The SMILES string of the molecule is COC(=O)CC(C)=O.[Zr]. The number of carbonyl (C=O) groups is 2. The summed E-state index contributed by atoms with van der Waals surface area (Å²) in [5.41, 5.74) is 0. The minimum absolute atomic E-state index is 0. The van der Waals surface area contributed by atoms with E-state index < -0.39 is 5.97 Å². The normalized spacial score (nSPS) is 7.33. The fourth-order valence-corrected chi connectivity index (χ4v) is 0.275. The van der Waals surface area contributed by atoms with Crippen LogP contribution in [0, 0.1) is 0 Å². The van der Waals surface area contributed by atoms with E-state index >= 15 is 0 Å². The Bertz CT molecular complexity index is 111. The minimum Gasteiger partial charge on any atom is -0.469 e. The van der Waals surface area contributed by atoms with E-state index in [2.05, 4.69) is 4.74 Å². The van der Waals surface area contributed by atoms with E-state index in [1.165, 1.54) is 14.0 Å². The topological polar surface area (TPSA) is 43.4 Å². The van der Waals surface area contributed by atoms with Crippen LogP contribution in [0.4, 0.5) is 0 Å². The van der Waals surface area contributed by atoms with Gasteiger partial charge in [-0.1, -0.05) is 0 Å². The fraction of sp³-hybridized carbons (Fsp3) is 0.600. The molecule has 0 aromatic carbocycles. The first-order valence-corrected chi connectivity index (χ1v) is 2.23. The van der Waals surface area contributed by atoms with Gasteiger partial charge in [0.1, 0.15) is 12.2 Å². The van der Waals surface area contributed by atoms with Gasteiger partial charge in [0, 0.05) is 26.2 Å². The number of rotatable bonds is 2. The summed E-state index contributed by atoms with van der Waals surface area (Å²) in [6.07, 6.45) is -0.115. The Morgan fingerprint density at radius 3 is 2.00 bits per heavy atom. The number of ether oxygens (including phenoxy) is 1. The minimum atomic E-state index is -0.475. The number of hydrogen-bond donors (Lipinski definition) is 0. The van der Waals surface area contributed by atoms with Crippen LogP contribution in [-0.4, -0.2) is 18.9 Å². The molecule has 0 unspecified atom stereocenters. The van der Waals surface area contributed by atoms with E-state index in [0.29, 0.717) is 0 Å². The zero-order valence-electron chi connectivity index (χ0n) is 5.43. The average molecular weight is 207 g/mol. The van der Waals surface area contributed by atoms with Gasteiger partial charge in [-0.2, -0.15) is 0 Å². The summed E-state index contributed by atoms with van der Waals surface area (Å²) in [5, 5.41) is 0. The summed E-state index contributed by atoms with van der Waals surface area (Å²) in [6, 6.07) is 0. The van der Waals surface area contributed by atoms with Gasteiger partial charge < -0.3 is 4.74 Å². The number of carbonyl (C=O) groups excluding carboxylic acids is 2. The van der Waals surface area contributed by atoms with E-state index in [9.17, 15) is 9.59 Å². The Balaban J connectivity index is 0. The molecule has 0 aromatic heterocycles. The zero-order valence-corrected chi connectivity index (χ0v) is 7.89. The Morgan fingerprint density at radius 2 is 1.89 bits per heavy atom. The summed E-state index contributed by atoms with van der Waals surface area (Å²) in [7, 11) is 1.26. The van der Waals surface area contributed by atoms with Crippen molar-refractivity contribution in [1.29, 1.82) is 0 Å². The zero-order chi connectivity index (χ0) is 6.57. The molecule has 0 rings (SSSR count). The van der Waals surface area contributed by atoms with Crippen molar-refractivity contribution in [3.8, 4) is 0 Å². The molecular weight excluding hydrogens is 199 g/mol. The molecule has 50 valence electrons. The smallest absolute Gasteiger partial charge is 0.313 e. The van der Waals surface area contributed by atoms with Crippen LogP contribution in [0.1, 0.15) is 13.3 Å². The first kappa shape index (κ1) is 11.8. The molecule has 0 radical (unpaired) electrons.